The van der Waals surface area contributed by atoms with Crippen LogP contribution in [0.2, 0.25) is 0 Å². The molecule has 1 aromatic rings. The molecule has 20 heavy (non-hydrogen) atoms. The van der Waals surface area contributed by atoms with Gasteiger partial charge in [-0.15, -0.1) is 0 Å². The largest absolute Gasteiger partial charge is 0.494 e. The molecular formula is C18H28O2. The molecule has 0 atom stereocenters. The molecule has 0 aliphatic heterocycles. The number of Topliss-reactive ketones (excluding diaryl/α,β-unsaturated/α-hetero) is 1. The zero-order valence-corrected chi connectivity index (χ0v) is 13.0. The Hall–Kier alpha value is -1.31. The van der Waals surface area contributed by atoms with Gasteiger partial charge in [-0.1, -0.05) is 51.9 Å². The highest BCUT2D eigenvalue weighted by atomic mass is 16.5. The van der Waals surface area contributed by atoms with Gasteiger partial charge >= 0.3 is 0 Å². The fourth-order valence-electron chi connectivity index (χ4n) is 2.21. The normalized spacial score (nSPS) is 10.5. The van der Waals surface area contributed by atoms with Crippen LogP contribution in [0.4, 0.5) is 0 Å². The lowest BCUT2D eigenvalue weighted by atomic mass is 10.1. The average molecular weight is 276 g/mol. The fraction of sp³-hybridized carbons (Fsp3) is 0.611. The van der Waals surface area contributed by atoms with Gasteiger partial charge < -0.3 is 4.74 Å². The van der Waals surface area contributed by atoms with Gasteiger partial charge in [-0.3, -0.25) is 4.79 Å². The third-order valence-corrected chi connectivity index (χ3v) is 3.53. The van der Waals surface area contributed by atoms with Crippen LogP contribution >= 0.6 is 0 Å². The van der Waals surface area contributed by atoms with Gasteiger partial charge in [0.15, 0.2) is 5.78 Å². The number of hydrogen-bond donors (Lipinski definition) is 0. The smallest absolute Gasteiger partial charge is 0.159 e. The van der Waals surface area contributed by atoms with Crippen molar-refractivity contribution in [1.82, 2.24) is 0 Å². The van der Waals surface area contributed by atoms with Crippen LogP contribution in [0.3, 0.4) is 0 Å². The molecule has 2 nitrogen and oxygen atoms in total. The van der Waals surface area contributed by atoms with Crippen LogP contribution in [0, 0.1) is 0 Å². The predicted octanol–water partition coefficient (Wildman–Crippen LogP) is 5.41. The van der Waals surface area contributed by atoms with Crippen LogP contribution in [0.15, 0.2) is 24.3 Å². The molecule has 0 heterocycles. The van der Waals surface area contributed by atoms with E-state index < -0.39 is 0 Å². The number of carbonyl (C=O) groups is 1. The van der Waals surface area contributed by atoms with Crippen molar-refractivity contribution in [2.24, 2.45) is 0 Å². The van der Waals surface area contributed by atoms with Crippen LogP contribution in [0.5, 0.6) is 5.75 Å². The number of unbranched alkanes of at least 4 members (excludes halogenated alkanes) is 7. The molecule has 0 saturated heterocycles. The Morgan fingerprint density at radius 1 is 0.900 bits per heavy atom. The second kappa shape index (κ2) is 10.5. The molecular weight excluding hydrogens is 248 g/mol. The van der Waals surface area contributed by atoms with E-state index in [9.17, 15) is 4.79 Å². The van der Waals surface area contributed by atoms with Gasteiger partial charge in [0, 0.05) is 5.56 Å². The molecule has 0 bridgehead atoms. The van der Waals surface area contributed by atoms with Crippen molar-refractivity contribution >= 4 is 5.78 Å². The summed E-state index contributed by atoms with van der Waals surface area (Å²) >= 11 is 0. The van der Waals surface area contributed by atoms with Crippen LogP contribution in [-0.4, -0.2) is 12.4 Å². The van der Waals surface area contributed by atoms with Crippen molar-refractivity contribution in [3.05, 3.63) is 29.8 Å². The van der Waals surface area contributed by atoms with E-state index in [1.165, 1.54) is 44.9 Å². The molecule has 0 aliphatic carbocycles. The zero-order chi connectivity index (χ0) is 14.6. The van der Waals surface area contributed by atoms with E-state index in [2.05, 4.69) is 6.92 Å². The summed E-state index contributed by atoms with van der Waals surface area (Å²) < 4.78 is 5.67. The monoisotopic (exact) mass is 276 g/mol. The highest BCUT2D eigenvalue weighted by molar-refractivity contribution is 5.94. The minimum absolute atomic E-state index is 0.0969. The molecule has 0 fully saturated rings. The first-order valence-corrected chi connectivity index (χ1v) is 7.98. The summed E-state index contributed by atoms with van der Waals surface area (Å²) in [4.78, 5) is 11.1. The molecule has 0 spiro atoms. The predicted molar refractivity (Wildman–Crippen MR) is 84.6 cm³/mol. The Morgan fingerprint density at radius 2 is 1.45 bits per heavy atom. The lowest BCUT2D eigenvalue weighted by molar-refractivity contribution is 0.101. The summed E-state index contributed by atoms with van der Waals surface area (Å²) in [5, 5.41) is 0. The first kappa shape index (κ1) is 16.7. The SMILES string of the molecule is CCCCCCCCCCOc1ccc(C(C)=O)cc1. The van der Waals surface area contributed by atoms with Gasteiger partial charge in [-0.2, -0.15) is 0 Å². The highest BCUT2D eigenvalue weighted by Gasteiger charge is 1.99. The fourth-order valence-corrected chi connectivity index (χ4v) is 2.21. The summed E-state index contributed by atoms with van der Waals surface area (Å²) in [6.07, 6.45) is 10.5. The third-order valence-electron chi connectivity index (χ3n) is 3.53. The molecule has 1 rings (SSSR count). The topological polar surface area (TPSA) is 26.3 Å². The van der Waals surface area contributed by atoms with E-state index in [4.69, 9.17) is 4.74 Å². The van der Waals surface area contributed by atoms with E-state index in [-0.39, 0.29) is 5.78 Å². The van der Waals surface area contributed by atoms with E-state index in [1.54, 1.807) is 6.92 Å². The Kier molecular flexibility index (Phi) is 8.77. The van der Waals surface area contributed by atoms with Crippen LogP contribution < -0.4 is 4.74 Å². The second-order valence-electron chi connectivity index (χ2n) is 5.40. The lowest BCUT2D eigenvalue weighted by Gasteiger charge is -2.06. The first-order chi connectivity index (χ1) is 9.74. The summed E-state index contributed by atoms with van der Waals surface area (Å²) in [5.41, 5.74) is 0.740. The van der Waals surface area contributed by atoms with Crippen molar-refractivity contribution in [1.29, 1.82) is 0 Å². The Morgan fingerprint density at radius 3 is 2.00 bits per heavy atom. The van der Waals surface area contributed by atoms with Gasteiger partial charge in [0.1, 0.15) is 5.75 Å². The van der Waals surface area contributed by atoms with Gasteiger partial charge in [-0.25, -0.2) is 0 Å². The molecule has 0 aliphatic rings. The number of carbonyl (C=O) groups excluding carboxylic acids is 1. The second-order valence-corrected chi connectivity index (χ2v) is 5.40. The maximum atomic E-state index is 11.1. The summed E-state index contributed by atoms with van der Waals surface area (Å²) in [5.74, 6) is 0.956. The highest BCUT2D eigenvalue weighted by Crippen LogP contribution is 2.14. The Bertz CT molecular complexity index is 368. The summed E-state index contributed by atoms with van der Waals surface area (Å²) in [7, 11) is 0. The Balaban J connectivity index is 2.02. The van der Waals surface area contributed by atoms with Crippen molar-refractivity contribution in [2.45, 2.75) is 65.2 Å². The lowest BCUT2D eigenvalue weighted by Crippen LogP contribution is -1.98. The molecule has 1 aromatic carbocycles. The number of ketones is 1. The maximum absolute atomic E-state index is 11.1. The molecule has 0 N–H and O–H groups in total. The maximum Gasteiger partial charge on any atom is 0.159 e. The summed E-state index contributed by atoms with van der Waals surface area (Å²) in [6, 6.07) is 7.40. The quantitative estimate of drug-likeness (QED) is 0.399. The van der Waals surface area contributed by atoms with Crippen molar-refractivity contribution < 1.29 is 9.53 Å². The minimum atomic E-state index is 0.0969. The summed E-state index contributed by atoms with van der Waals surface area (Å²) in [6.45, 7) is 4.60. The van der Waals surface area contributed by atoms with Gasteiger partial charge in [-0.05, 0) is 37.6 Å². The van der Waals surface area contributed by atoms with Crippen molar-refractivity contribution in [2.75, 3.05) is 6.61 Å². The minimum Gasteiger partial charge on any atom is -0.494 e. The van der Waals surface area contributed by atoms with E-state index in [0.717, 1.165) is 24.3 Å². The zero-order valence-electron chi connectivity index (χ0n) is 13.0. The molecule has 0 radical (unpaired) electrons. The van der Waals surface area contributed by atoms with Crippen molar-refractivity contribution in [3.8, 4) is 5.75 Å². The number of benzene rings is 1. The van der Waals surface area contributed by atoms with E-state index in [0.29, 0.717) is 0 Å². The number of ether oxygens (including phenoxy) is 1. The molecule has 0 unspecified atom stereocenters. The van der Waals surface area contributed by atoms with Crippen LogP contribution in [-0.2, 0) is 0 Å². The van der Waals surface area contributed by atoms with Crippen LogP contribution in [0.25, 0.3) is 0 Å². The molecule has 0 amide bonds. The Labute approximate surface area is 123 Å². The average Bonchev–Trinajstić information content (AvgIpc) is 2.46. The van der Waals surface area contributed by atoms with Gasteiger partial charge in [0.2, 0.25) is 0 Å². The third kappa shape index (κ3) is 7.32. The molecule has 0 aromatic heterocycles. The molecule has 0 saturated carbocycles. The number of rotatable bonds is 11. The van der Waals surface area contributed by atoms with Gasteiger partial charge in [0.05, 0.1) is 6.61 Å². The molecule has 2 heteroatoms. The first-order valence-electron chi connectivity index (χ1n) is 7.98. The number of hydrogen-bond acceptors (Lipinski definition) is 2. The molecule has 112 valence electrons. The van der Waals surface area contributed by atoms with Crippen molar-refractivity contribution in [3.63, 3.8) is 0 Å². The van der Waals surface area contributed by atoms with Gasteiger partial charge in [0.25, 0.3) is 0 Å². The van der Waals surface area contributed by atoms with Crippen LogP contribution in [0.1, 0.15) is 75.6 Å². The van der Waals surface area contributed by atoms with E-state index in [1.807, 2.05) is 24.3 Å². The van der Waals surface area contributed by atoms with E-state index >= 15 is 0 Å². The standard InChI is InChI=1S/C18H28O2/c1-3-4-5-6-7-8-9-10-15-20-18-13-11-17(12-14-18)16(2)19/h11-14H,3-10,15H2,1-2H3.